The normalized spacial score (nSPS) is 12.9. The molecule has 0 rings (SSSR count). The summed E-state index contributed by atoms with van der Waals surface area (Å²) in [6, 6.07) is 0.389. The second-order valence-corrected chi connectivity index (χ2v) is 9.42. The van der Waals surface area contributed by atoms with Crippen LogP contribution in [0, 0.1) is 0 Å². The van der Waals surface area contributed by atoms with Crippen LogP contribution in [-0.2, 0) is 18.6 Å². The van der Waals surface area contributed by atoms with Crippen molar-refractivity contribution in [3.05, 3.63) is 0 Å². The van der Waals surface area contributed by atoms with Gasteiger partial charge in [-0.1, -0.05) is 26.7 Å². The van der Waals surface area contributed by atoms with E-state index in [0.717, 1.165) is 25.7 Å². The average Bonchev–Trinajstić information content (AvgIpc) is 2.71. The lowest BCUT2D eigenvalue weighted by Crippen LogP contribution is -2.42. The third-order valence-electron chi connectivity index (χ3n) is 4.45. The van der Waals surface area contributed by atoms with Crippen LogP contribution in [0.4, 0.5) is 0 Å². The van der Waals surface area contributed by atoms with Crippen LogP contribution in [0.3, 0.4) is 0 Å². The molecule has 0 heterocycles. The third kappa shape index (κ3) is 14.4. The maximum atomic E-state index is 12.1. The molecule has 8 nitrogen and oxygen atoms in total. The van der Waals surface area contributed by atoms with Crippen molar-refractivity contribution in [2.75, 3.05) is 19.6 Å². The van der Waals surface area contributed by atoms with Gasteiger partial charge in [0.2, 0.25) is 11.8 Å². The number of rotatable bonds is 18. The molecule has 0 aromatic heterocycles. The summed E-state index contributed by atoms with van der Waals surface area (Å²) in [6.07, 6.45) is 5.65. The molecule has 0 aliphatic rings. The highest BCUT2D eigenvalue weighted by Gasteiger charge is 2.31. The van der Waals surface area contributed by atoms with Gasteiger partial charge in [0, 0.05) is 44.6 Å². The van der Waals surface area contributed by atoms with E-state index < -0.39 is 14.6 Å². The molecule has 1 atom stereocenters. The van der Waals surface area contributed by atoms with Gasteiger partial charge in [-0.25, -0.2) is 4.67 Å². The van der Waals surface area contributed by atoms with E-state index in [4.69, 9.17) is 9.05 Å². The van der Waals surface area contributed by atoms with E-state index in [2.05, 4.69) is 61.8 Å². The van der Waals surface area contributed by atoms with Crippen molar-refractivity contribution in [1.29, 1.82) is 0 Å². The Bertz CT molecular complexity index is 486. The summed E-state index contributed by atoms with van der Waals surface area (Å²) in [5.41, 5.74) is 0. The first kappa shape index (κ1) is 29.8. The first-order chi connectivity index (χ1) is 14.8. The van der Waals surface area contributed by atoms with Gasteiger partial charge in [-0.3, -0.25) is 14.6 Å². The van der Waals surface area contributed by atoms with Crippen molar-refractivity contribution < 1.29 is 18.6 Å². The third-order valence-corrected chi connectivity index (χ3v) is 6.50. The van der Waals surface area contributed by atoms with Crippen LogP contribution in [0.25, 0.3) is 0 Å². The first-order valence-electron chi connectivity index (χ1n) is 11.7. The van der Waals surface area contributed by atoms with Crippen molar-refractivity contribution in [3.8, 4) is 0 Å². The smallest absolute Gasteiger partial charge is 0.322 e. The molecule has 2 amide bonds. The Morgan fingerprint density at radius 1 is 0.935 bits per heavy atom. The number of carbonyl (C=O) groups excluding carboxylic acids is 2. The maximum absolute atomic E-state index is 12.1. The highest BCUT2D eigenvalue weighted by Crippen LogP contribution is 2.46. The van der Waals surface area contributed by atoms with Gasteiger partial charge in [-0.2, -0.15) is 0 Å². The summed E-state index contributed by atoms with van der Waals surface area (Å²) in [7, 11) is -1.46. The van der Waals surface area contributed by atoms with Crippen molar-refractivity contribution in [3.63, 3.8) is 0 Å². The molecular weight excluding hydrogens is 415 g/mol. The van der Waals surface area contributed by atoms with Crippen LogP contribution in [0.2, 0.25) is 0 Å². The topological polar surface area (TPSA) is 92.3 Å². The van der Waals surface area contributed by atoms with Gasteiger partial charge in [0.1, 0.15) is 6.10 Å². The minimum atomic E-state index is -1.46. The molecule has 0 radical (unpaired) electrons. The van der Waals surface area contributed by atoms with E-state index in [1.165, 1.54) is 6.40 Å². The van der Waals surface area contributed by atoms with Crippen molar-refractivity contribution >= 4 is 26.7 Å². The van der Waals surface area contributed by atoms with E-state index >= 15 is 0 Å². The summed E-state index contributed by atoms with van der Waals surface area (Å²) in [6.45, 7) is 15.7. The molecule has 0 aliphatic heterocycles. The fourth-order valence-electron chi connectivity index (χ4n) is 2.84. The van der Waals surface area contributed by atoms with Crippen LogP contribution in [0.5, 0.6) is 0 Å². The number of nitrogens with one attached hydrogen (secondary N) is 2. The zero-order valence-corrected chi connectivity index (χ0v) is 21.5. The van der Waals surface area contributed by atoms with Crippen LogP contribution in [0.1, 0.15) is 87.0 Å². The summed E-state index contributed by atoms with van der Waals surface area (Å²) < 4.78 is 14.4. The van der Waals surface area contributed by atoms with Gasteiger partial charge in [0.05, 0.1) is 0 Å². The number of amides is 2. The Labute approximate surface area is 190 Å². The molecule has 0 fully saturated rings. The summed E-state index contributed by atoms with van der Waals surface area (Å²) >= 11 is 0. The highest BCUT2D eigenvalue weighted by atomic mass is 31.2. The molecule has 182 valence electrons. The average molecular weight is 461 g/mol. The monoisotopic (exact) mass is 460 g/mol. The number of carbonyl (C=O) groups is 2. The minimum Gasteiger partial charge on any atom is -0.425 e. The Balaban J connectivity index is 5.29. The van der Waals surface area contributed by atoms with Crippen molar-refractivity contribution in [2.24, 2.45) is 4.99 Å². The standard InChI is InChI=1S/C22H45N4O4P/c1-8-11-13-21(27)24-15-20(16-25-22(28)14-12-9-2)30-31(29-17-23-10-3)26(18(4)5)19(6)7/h17-20H,8-16H2,1-7H3,(H,24,27)(H,25,28). The second-order valence-electron chi connectivity index (χ2n) is 8.06. The van der Waals surface area contributed by atoms with E-state index in [0.29, 0.717) is 32.5 Å². The number of nitrogens with zero attached hydrogens (tertiary/aromatic N) is 2. The highest BCUT2D eigenvalue weighted by molar-refractivity contribution is 7.45. The van der Waals surface area contributed by atoms with Gasteiger partial charge in [0.15, 0.2) is 6.40 Å². The molecule has 0 aliphatic carbocycles. The number of unbranched alkanes of at least 4 members (excludes halogenated alkanes) is 2. The largest absolute Gasteiger partial charge is 0.425 e. The van der Waals surface area contributed by atoms with E-state index in [1.807, 2.05) is 6.92 Å². The van der Waals surface area contributed by atoms with E-state index in [9.17, 15) is 9.59 Å². The zero-order chi connectivity index (χ0) is 23.6. The molecule has 31 heavy (non-hydrogen) atoms. The summed E-state index contributed by atoms with van der Waals surface area (Å²) in [5.74, 6) is -0.00903. The van der Waals surface area contributed by atoms with Gasteiger partial charge < -0.3 is 19.7 Å². The Morgan fingerprint density at radius 3 is 1.81 bits per heavy atom. The van der Waals surface area contributed by atoms with E-state index in [-0.39, 0.29) is 23.9 Å². The molecule has 9 heteroatoms. The fourth-order valence-corrected chi connectivity index (χ4v) is 4.41. The van der Waals surface area contributed by atoms with Crippen LogP contribution < -0.4 is 10.6 Å². The Hall–Kier alpha value is -1.24. The lowest BCUT2D eigenvalue weighted by molar-refractivity contribution is -0.121. The molecule has 0 aromatic carbocycles. The fraction of sp³-hybridized carbons (Fsp3) is 0.864. The summed E-state index contributed by atoms with van der Waals surface area (Å²) in [4.78, 5) is 28.4. The second kappa shape index (κ2) is 18.3. The quantitative estimate of drug-likeness (QED) is 0.180. The molecule has 0 saturated carbocycles. The molecule has 0 aromatic rings. The van der Waals surface area contributed by atoms with E-state index in [1.54, 1.807) is 0 Å². The van der Waals surface area contributed by atoms with Crippen LogP contribution in [0.15, 0.2) is 4.99 Å². The van der Waals surface area contributed by atoms with Gasteiger partial charge in [-0.05, 0) is 47.5 Å². The zero-order valence-electron chi connectivity index (χ0n) is 20.6. The number of hydrogen-bond donors (Lipinski definition) is 2. The van der Waals surface area contributed by atoms with Crippen LogP contribution in [-0.4, -0.2) is 60.7 Å². The SMILES string of the molecule is CCCCC(=O)NCC(CNC(=O)CCCC)OP(OC=NCC)N(C(C)C)C(C)C. The maximum Gasteiger partial charge on any atom is 0.322 e. The van der Waals surface area contributed by atoms with Gasteiger partial charge in [-0.15, -0.1) is 0 Å². The molecule has 0 saturated heterocycles. The lowest BCUT2D eigenvalue weighted by Gasteiger charge is -2.36. The lowest BCUT2D eigenvalue weighted by atomic mass is 10.2. The van der Waals surface area contributed by atoms with Gasteiger partial charge in [0.25, 0.3) is 0 Å². The molecule has 2 N–H and O–H groups in total. The molecule has 0 bridgehead atoms. The molecule has 1 unspecified atom stereocenters. The Kier molecular flexibility index (Phi) is 17.6. The molecular formula is C22H45N4O4P. The first-order valence-corrected chi connectivity index (χ1v) is 12.8. The van der Waals surface area contributed by atoms with Crippen molar-refractivity contribution in [1.82, 2.24) is 15.3 Å². The van der Waals surface area contributed by atoms with Gasteiger partial charge >= 0.3 is 8.53 Å². The minimum absolute atomic E-state index is 0.00451. The predicted molar refractivity (Wildman–Crippen MR) is 129 cm³/mol. The van der Waals surface area contributed by atoms with Crippen molar-refractivity contribution in [2.45, 2.75) is 105 Å². The number of aliphatic imine (C=N–C) groups is 1. The predicted octanol–water partition coefficient (Wildman–Crippen LogP) is 4.39. The van der Waals surface area contributed by atoms with Crippen LogP contribution >= 0.6 is 8.53 Å². The number of hydrogen-bond acceptors (Lipinski definition) is 6. The Morgan fingerprint density at radius 2 is 1.42 bits per heavy atom. The molecule has 0 spiro atoms. The summed E-state index contributed by atoms with van der Waals surface area (Å²) in [5, 5.41) is 5.88.